The van der Waals surface area contributed by atoms with Crippen LogP contribution in [0.5, 0.6) is 0 Å². The summed E-state index contributed by atoms with van der Waals surface area (Å²) in [5, 5.41) is 0.959. The van der Waals surface area contributed by atoms with Gasteiger partial charge in [0, 0.05) is 32.0 Å². The fourth-order valence-electron chi connectivity index (χ4n) is 3.75. The number of rotatable bonds is 4. The Balaban J connectivity index is 1.47. The molecule has 0 aliphatic carbocycles. The van der Waals surface area contributed by atoms with Gasteiger partial charge in [-0.15, -0.1) is 11.8 Å². The number of carbonyl (C=O) groups excluding carboxylic acids is 1. The van der Waals surface area contributed by atoms with E-state index in [0.29, 0.717) is 13.1 Å². The fraction of sp³-hybridized carbons (Fsp3) is 0.444. The summed E-state index contributed by atoms with van der Waals surface area (Å²) in [7, 11) is 0. The molecule has 2 saturated heterocycles. The Morgan fingerprint density at radius 1 is 1.16 bits per heavy atom. The molecule has 0 saturated carbocycles. The molecule has 1 amide bonds. The summed E-state index contributed by atoms with van der Waals surface area (Å²) in [5.41, 5.74) is 0.659. The van der Waals surface area contributed by atoms with Crippen LogP contribution >= 0.6 is 11.8 Å². The van der Waals surface area contributed by atoms with E-state index in [9.17, 15) is 4.79 Å². The molecule has 2 aromatic heterocycles. The number of hydrogen-bond acceptors (Lipinski definition) is 6. The number of anilines is 1. The number of likely N-dealkylation sites (tertiary alicyclic amines) is 1. The Labute approximate surface area is 151 Å². The molecule has 1 unspecified atom stereocenters. The van der Waals surface area contributed by atoms with Crippen molar-refractivity contribution in [1.82, 2.24) is 19.9 Å². The SMILES string of the molecule is CSc1ccnc(N2CCC3(CCN(Cc4ccccn4)C3=O)C2)n1. The smallest absolute Gasteiger partial charge is 0.231 e. The van der Waals surface area contributed by atoms with Crippen LogP contribution in [0.1, 0.15) is 18.5 Å². The summed E-state index contributed by atoms with van der Waals surface area (Å²) in [4.78, 5) is 30.5. The van der Waals surface area contributed by atoms with Gasteiger partial charge in [0.1, 0.15) is 5.03 Å². The number of amides is 1. The zero-order valence-electron chi connectivity index (χ0n) is 14.3. The van der Waals surface area contributed by atoms with Gasteiger partial charge in [-0.25, -0.2) is 9.97 Å². The van der Waals surface area contributed by atoms with Gasteiger partial charge in [-0.3, -0.25) is 9.78 Å². The van der Waals surface area contributed by atoms with Gasteiger partial charge in [0.05, 0.1) is 17.7 Å². The van der Waals surface area contributed by atoms with E-state index in [1.165, 1.54) is 0 Å². The van der Waals surface area contributed by atoms with Crippen LogP contribution in [-0.2, 0) is 11.3 Å². The van der Waals surface area contributed by atoms with Crippen molar-refractivity contribution in [3.05, 3.63) is 42.4 Å². The van der Waals surface area contributed by atoms with Gasteiger partial charge < -0.3 is 9.80 Å². The monoisotopic (exact) mass is 355 g/mol. The topological polar surface area (TPSA) is 62.2 Å². The van der Waals surface area contributed by atoms with Gasteiger partial charge in [-0.2, -0.15) is 0 Å². The lowest BCUT2D eigenvalue weighted by atomic mass is 9.85. The van der Waals surface area contributed by atoms with Gasteiger partial charge in [-0.05, 0) is 37.3 Å². The Morgan fingerprint density at radius 2 is 2.04 bits per heavy atom. The molecule has 2 fully saturated rings. The van der Waals surface area contributed by atoms with Crippen molar-refractivity contribution in [3.63, 3.8) is 0 Å². The third kappa shape index (κ3) is 3.08. The first-order valence-electron chi connectivity index (χ1n) is 8.51. The standard InChI is InChI=1S/C18H21N5OS/c1-25-15-5-9-20-17(21-15)23-11-7-18(13-23)6-10-22(16(18)24)12-14-4-2-3-8-19-14/h2-5,8-9H,6-7,10-13H2,1H3. The molecule has 0 aromatic carbocycles. The minimum atomic E-state index is -0.284. The fourth-order valence-corrected chi connectivity index (χ4v) is 4.12. The minimum Gasteiger partial charge on any atom is -0.340 e. The summed E-state index contributed by atoms with van der Waals surface area (Å²) in [6.07, 6.45) is 7.35. The predicted molar refractivity (Wildman–Crippen MR) is 97.3 cm³/mol. The number of pyridine rings is 1. The molecule has 130 valence electrons. The summed E-state index contributed by atoms with van der Waals surface area (Å²) < 4.78 is 0. The normalized spacial score (nSPS) is 23.0. The highest BCUT2D eigenvalue weighted by atomic mass is 32.2. The first kappa shape index (κ1) is 16.3. The predicted octanol–water partition coefficient (Wildman–Crippen LogP) is 2.22. The molecule has 2 aromatic rings. The van der Waals surface area contributed by atoms with Crippen LogP contribution < -0.4 is 4.90 Å². The highest BCUT2D eigenvalue weighted by molar-refractivity contribution is 7.98. The van der Waals surface area contributed by atoms with E-state index in [2.05, 4.69) is 19.9 Å². The zero-order chi connectivity index (χ0) is 17.3. The lowest BCUT2D eigenvalue weighted by molar-refractivity contribution is -0.135. The number of hydrogen-bond donors (Lipinski definition) is 0. The van der Waals surface area contributed by atoms with Crippen molar-refractivity contribution < 1.29 is 4.79 Å². The molecular weight excluding hydrogens is 334 g/mol. The third-order valence-corrected chi connectivity index (χ3v) is 5.79. The number of aromatic nitrogens is 3. The Kier molecular flexibility index (Phi) is 4.33. The lowest BCUT2D eigenvalue weighted by Gasteiger charge is -2.23. The molecule has 6 nitrogen and oxygen atoms in total. The molecule has 1 atom stereocenters. The summed E-state index contributed by atoms with van der Waals surface area (Å²) in [5.74, 6) is 0.987. The van der Waals surface area contributed by atoms with Crippen molar-refractivity contribution in [2.24, 2.45) is 5.41 Å². The van der Waals surface area contributed by atoms with Crippen LogP contribution in [-0.4, -0.2) is 51.6 Å². The van der Waals surface area contributed by atoms with E-state index in [-0.39, 0.29) is 11.3 Å². The second-order valence-electron chi connectivity index (χ2n) is 6.65. The van der Waals surface area contributed by atoms with E-state index in [4.69, 9.17) is 0 Å². The average Bonchev–Trinajstić information content (AvgIpc) is 3.23. The second-order valence-corrected chi connectivity index (χ2v) is 7.48. The molecule has 2 aliphatic heterocycles. The Hall–Kier alpha value is -2.15. The minimum absolute atomic E-state index is 0.252. The van der Waals surface area contributed by atoms with Crippen molar-refractivity contribution in [3.8, 4) is 0 Å². The van der Waals surface area contributed by atoms with Gasteiger partial charge in [-0.1, -0.05) is 6.07 Å². The average molecular weight is 355 g/mol. The molecule has 2 aliphatic rings. The summed E-state index contributed by atoms with van der Waals surface area (Å²) in [6.45, 7) is 2.94. The quantitative estimate of drug-likeness (QED) is 0.619. The Morgan fingerprint density at radius 3 is 2.84 bits per heavy atom. The molecular formula is C18H21N5OS. The molecule has 1 spiro atoms. The molecule has 4 heterocycles. The van der Waals surface area contributed by atoms with E-state index < -0.39 is 0 Å². The summed E-state index contributed by atoms with van der Waals surface area (Å²) >= 11 is 1.61. The third-order valence-electron chi connectivity index (χ3n) is 5.14. The van der Waals surface area contributed by atoms with Crippen molar-refractivity contribution in [1.29, 1.82) is 0 Å². The number of nitrogens with zero attached hydrogens (tertiary/aromatic N) is 5. The molecule has 0 bridgehead atoms. The van der Waals surface area contributed by atoms with E-state index in [1.54, 1.807) is 24.2 Å². The van der Waals surface area contributed by atoms with Crippen LogP contribution in [0.25, 0.3) is 0 Å². The molecule has 0 radical (unpaired) electrons. The van der Waals surface area contributed by atoms with Crippen LogP contribution in [0.4, 0.5) is 5.95 Å². The maximum Gasteiger partial charge on any atom is 0.231 e. The van der Waals surface area contributed by atoms with Crippen molar-refractivity contribution in [2.75, 3.05) is 30.8 Å². The van der Waals surface area contributed by atoms with Gasteiger partial charge in [0.25, 0.3) is 0 Å². The summed E-state index contributed by atoms with van der Waals surface area (Å²) in [6, 6.07) is 7.75. The zero-order valence-corrected chi connectivity index (χ0v) is 15.1. The largest absolute Gasteiger partial charge is 0.340 e. The first-order valence-corrected chi connectivity index (χ1v) is 9.74. The second kappa shape index (κ2) is 6.63. The van der Waals surface area contributed by atoms with Gasteiger partial charge >= 0.3 is 0 Å². The molecule has 4 rings (SSSR count). The van der Waals surface area contributed by atoms with E-state index in [0.717, 1.165) is 42.6 Å². The van der Waals surface area contributed by atoms with Crippen molar-refractivity contribution in [2.45, 2.75) is 24.4 Å². The lowest BCUT2D eigenvalue weighted by Crippen LogP contribution is -2.37. The van der Waals surface area contributed by atoms with Crippen molar-refractivity contribution >= 4 is 23.6 Å². The number of carbonyl (C=O) groups is 1. The maximum atomic E-state index is 13.1. The number of thioether (sulfide) groups is 1. The highest BCUT2D eigenvalue weighted by Gasteiger charge is 2.51. The van der Waals surface area contributed by atoms with Crippen LogP contribution in [0.3, 0.4) is 0 Å². The van der Waals surface area contributed by atoms with Crippen LogP contribution in [0.2, 0.25) is 0 Å². The molecule has 7 heteroatoms. The maximum absolute atomic E-state index is 13.1. The van der Waals surface area contributed by atoms with Crippen LogP contribution in [0, 0.1) is 5.41 Å². The van der Waals surface area contributed by atoms with Crippen LogP contribution in [0.15, 0.2) is 41.7 Å². The molecule has 0 N–H and O–H groups in total. The van der Waals surface area contributed by atoms with Gasteiger partial charge in [0.2, 0.25) is 11.9 Å². The first-order chi connectivity index (χ1) is 12.2. The van der Waals surface area contributed by atoms with E-state index in [1.807, 2.05) is 35.4 Å². The molecule has 25 heavy (non-hydrogen) atoms. The highest BCUT2D eigenvalue weighted by Crippen LogP contribution is 2.42. The Bertz CT molecular complexity index is 771. The van der Waals surface area contributed by atoms with Gasteiger partial charge in [0.15, 0.2) is 0 Å². The van der Waals surface area contributed by atoms with E-state index >= 15 is 0 Å².